The van der Waals surface area contributed by atoms with Gasteiger partial charge in [0.25, 0.3) is 0 Å². The number of carbonyl (C=O) groups is 3. The lowest BCUT2D eigenvalue weighted by atomic mass is 10.2. The van der Waals surface area contributed by atoms with E-state index < -0.39 is 18.0 Å². The fraction of sp³-hybridized carbons (Fsp3) is 0.438. The minimum absolute atomic E-state index is 0. The molecule has 0 saturated heterocycles. The molecule has 8 heteroatoms. The summed E-state index contributed by atoms with van der Waals surface area (Å²) < 4.78 is 10.8. The first-order chi connectivity index (χ1) is 10.9. The second kappa shape index (κ2) is 11.4. The van der Waals surface area contributed by atoms with E-state index in [0.717, 1.165) is 0 Å². The van der Waals surface area contributed by atoms with Crippen LogP contribution in [0, 0.1) is 0 Å². The predicted octanol–water partition coefficient (Wildman–Crippen LogP) is 1.64. The molecule has 1 unspecified atom stereocenters. The third-order valence-electron chi connectivity index (χ3n) is 2.88. The monoisotopic (exact) mass is 359 g/mol. The lowest BCUT2D eigenvalue weighted by Gasteiger charge is -2.22. The smallest absolute Gasteiger partial charge is 0.306 e. The maximum Gasteiger partial charge on any atom is 0.306 e. The fourth-order valence-corrected chi connectivity index (χ4v) is 1.88. The molecule has 0 fully saturated rings. The maximum atomic E-state index is 11.7. The van der Waals surface area contributed by atoms with E-state index in [1.165, 1.54) is 0 Å². The average molecular weight is 360 g/mol. The standard InChI is InChI=1S/C16H21NO6.ClH/c1-17(2)9-13(23-16(21)8-7-15(19)20)11-22-14-6-4-3-5-12(14)10-18;/h3-6,10,13H,7-9,11H2,1-2H3,(H,19,20);1H. The highest BCUT2D eigenvalue weighted by Gasteiger charge is 2.18. The molecule has 24 heavy (non-hydrogen) atoms. The van der Waals surface area contributed by atoms with Crippen LogP contribution < -0.4 is 4.74 Å². The first kappa shape index (κ1) is 21.9. The van der Waals surface area contributed by atoms with E-state index in [2.05, 4.69) is 0 Å². The van der Waals surface area contributed by atoms with Crippen LogP contribution in [0.25, 0.3) is 0 Å². The summed E-state index contributed by atoms with van der Waals surface area (Å²) in [6.45, 7) is 0.490. The molecule has 1 aromatic rings. The SMILES string of the molecule is CN(C)CC(COc1ccccc1C=O)OC(=O)CCC(=O)O.Cl. The molecule has 0 aromatic heterocycles. The first-order valence-corrected chi connectivity index (χ1v) is 7.15. The molecule has 0 radical (unpaired) electrons. The van der Waals surface area contributed by atoms with Gasteiger partial charge in [0.2, 0.25) is 0 Å². The van der Waals surface area contributed by atoms with Gasteiger partial charge in [0.05, 0.1) is 18.4 Å². The van der Waals surface area contributed by atoms with Crippen LogP contribution in [0.1, 0.15) is 23.2 Å². The van der Waals surface area contributed by atoms with E-state index in [1.54, 1.807) is 24.3 Å². The number of halogens is 1. The molecular formula is C16H22ClNO6. The zero-order valence-electron chi connectivity index (χ0n) is 13.6. The molecule has 0 spiro atoms. The van der Waals surface area contributed by atoms with Gasteiger partial charge < -0.3 is 19.5 Å². The Balaban J connectivity index is 0.00000529. The van der Waals surface area contributed by atoms with Crippen molar-refractivity contribution >= 4 is 30.6 Å². The minimum Gasteiger partial charge on any atom is -0.489 e. The van der Waals surface area contributed by atoms with Crippen LogP contribution in [0.3, 0.4) is 0 Å². The lowest BCUT2D eigenvalue weighted by Crippen LogP contribution is -2.35. The molecule has 0 aliphatic heterocycles. The number of rotatable bonds is 10. The summed E-state index contributed by atoms with van der Waals surface area (Å²) in [6, 6.07) is 6.74. The van der Waals surface area contributed by atoms with Gasteiger partial charge in [0.15, 0.2) is 6.29 Å². The van der Waals surface area contributed by atoms with Crippen molar-refractivity contribution in [3.8, 4) is 5.75 Å². The van der Waals surface area contributed by atoms with Crippen molar-refractivity contribution in [2.75, 3.05) is 27.2 Å². The molecule has 1 atom stereocenters. The average Bonchev–Trinajstić information content (AvgIpc) is 2.50. The Morgan fingerprint density at radius 1 is 1.25 bits per heavy atom. The van der Waals surface area contributed by atoms with E-state index in [-0.39, 0.29) is 31.9 Å². The number of hydrogen-bond donors (Lipinski definition) is 1. The van der Waals surface area contributed by atoms with Gasteiger partial charge in [0, 0.05) is 6.54 Å². The lowest BCUT2D eigenvalue weighted by molar-refractivity contribution is -0.153. The normalized spacial score (nSPS) is 11.3. The Morgan fingerprint density at radius 3 is 2.50 bits per heavy atom. The number of carbonyl (C=O) groups excluding carboxylic acids is 2. The molecule has 0 amide bonds. The number of aliphatic carboxylic acids is 1. The summed E-state index contributed by atoms with van der Waals surface area (Å²) in [6.07, 6.45) is -0.340. The fourth-order valence-electron chi connectivity index (χ4n) is 1.88. The van der Waals surface area contributed by atoms with Crippen LogP contribution in [0.2, 0.25) is 0 Å². The van der Waals surface area contributed by atoms with Gasteiger partial charge >= 0.3 is 11.9 Å². The largest absolute Gasteiger partial charge is 0.489 e. The van der Waals surface area contributed by atoms with Crippen LogP contribution >= 0.6 is 12.4 Å². The van der Waals surface area contributed by atoms with Crippen molar-refractivity contribution in [2.24, 2.45) is 0 Å². The van der Waals surface area contributed by atoms with Crippen molar-refractivity contribution in [3.05, 3.63) is 29.8 Å². The molecule has 0 bridgehead atoms. The summed E-state index contributed by atoms with van der Waals surface area (Å²) in [5.74, 6) is -1.23. The van der Waals surface area contributed by atoms with Crippen LogP contribution in [0.5, 0.6) is 5.75 Å². The number of carboxylic acids is 1. The predicted molar refractivity (Wildman–Crippen MR) is 89.9 cm³/mol. The molecule has 0 saturated carbocycles. The number of hydrogen-bond acceptors (Lipinski definition) is 6. The number of carboxylic acid groups (broad SMARTS) is 1. The topological polar surface area (TPSA) is 93.1 Å². The van der Waals surface area contributed by atoms with Gasteiger partial charge in [0.1, 0.15) is 18.5 Å². The van der Waals surface area contributed by atoms with Crippen molar-refractivity contribution < 1.29 is 29.0 Å². The molecule has 134 valence electrons. The highest BCUT2D eigenvalue weighted by Crippen LogP contribution is 2.16. The van der Waals surface area contributed by atoms with Gasteiger partial charge in [-0.25, -0.2) is 0 Å². The minimum atomic E-state index is -1.05. The zero-order chi connectivity index (χ0) is 17.2. The number of aldehydes is 1. The van der Waals surface area contributed by atoms with E-state index in [9.17, 15) is 14.4 Å². The summed E-state index contributed by atoms with van der Waals surface area (Å²) in [7, 11) is 3.63. The molecular weight excluding hydrogens is 338 g/mol. The summed E-state index contributed by atoms with van der Waals surface area (Å²) in [5.41, 5.74) is 0.410. The van der Waals surface area contributed by atoms with Crippen LogP contribution in [0.15, 0.2) is 24.3 Å². The zero-order valence-corrected chi connectivity index (χ0v) is 14.5. The van der Waals surface area contributed by atoms with Crippen LogP contribution in [0.4, 0.5) is 0 Å². The Hall–Kier alpha value is -2.12. The Labute approximate surface area is 146 Å². The van der Waals surface area contributed by atoms with Gasteiger partial charge in [-0.2, -0.15) is 0 Å². The third-order valence-corrected chi connectivity index (χ3v) is 2.88. The second-order valence-electron chi connectivity index (χ2n) is 5.23. The molecule has 1 N–H and O–H groups in total. The summed E-state index contributed by atoms with van der Waals surface area (Å²) in [4.78, 5) is 34.9. The molecule has 0 aliphatic carbocycles. The highest BCUT2D eigenvalue weighted by molar-refractivity contribution is 5.85. The first-order valence-electron chi connectivity index (χ1n) is 7.15. The number of benzene rings is 1. The van der Waals surface area contributed by atoms with Gasteiger partial charge in [-0.3, -0.25) is 14.4 Å². The number of ether oxygens (including phenoxy) is 2. The molecule has 7 nitrogen and oxygen atoms in total. The number of likely N-dealkylation sites (N-methyl/N-ethyl adjacent to an activating group) is 1. The van der Waals surface area contributed by atoms with E-state index in [1.807, 2.05) is 19.0 Å². The quantitative estimate of drug-likeness (QED) is 0.501. The van der Waals surface area contributed by atoms with Crippen LogP contribution in [-0.2, 0) is 14.3 Å². The van der Waals surface area contributed by atoms with Crippen molar-refractivity contribution in [3.63, 3.8) is 0 Å². The number of para-hydroxylation sites is 1. The van der Waals surface area contributed by atoms with E-state index in [4.69, 9.17) is 14.6 Å². The number of nitrogens with zero attached hydrogens (tertiary/aromatic N) is 1. The highest BCUT2D eigenvalue weighted by atomic mass is 35.5. The third kappa shape index (κ3) is 8.50. The van der Waals surface area contributed by atoms with Crippen molar-refractivity contribution in [1.29, 1.82) is 0 Å². The molecule has 1 rings (SSSR count). The van der Waals surface area contributed by atoms with Crippen molar-refractivity contribution in [1.82, 2.24) is 4.90 Å². The maximum absolute atomic E-state index is 11.7. The second-order valence-corrected chi connectivity index (χ2v) is 5.23. The number of esters is 1. The molecule has 0 aliphatic rings. The van der Waals surface area contributed by atoms with Gasteiger partial charge in [-0.15, -0.1) is 12.4 Å². The van der Waals surface area contributed by atoms with Crippen LogP contribution in [-0.4, -0.2) is 61.6 Å². The van der Waals surface area contributed by atoms with Gasteiger partial charge in [-0.05, 0) is 26.2 Å². The van der Waals surface area contributed by atoms with Crippen molar-refractivity contribution in [2.45, 2.75) is 18.9 Å². The van der Waals surface area contributed by atoms with E-state index in [0.29, 0.717) is 24.1 Å². The van der Waals surface area contributed by atoms with E-state index >= 15 is 0 Å². The molecule has 1 aromatic carbocycles. The Bertz CT molecular complexity index is 549. The Kier molecular flexibility index (Phi) is 10.4. The summed E-state index contributed by atoms with van der Waals surface area (Å²) in [5, 5.41) is 8.58. The summed E-state index contributed by atoms with van der Waals surface area (Å²) >= 11 is 0. The van der Waals surface area contributed by atoms with Gasteiger partial charge in [-0.1, -0.05) is 12.1 Å². The Morgan fingerprint density at radius 2 is 1.92 bits per heavy atom. The molecule has 0 heterocycles.